The summed E-state index contributed by atoms with van der Waals surface area (Å²) in [6.45, 7) is 0.880. The van der Waals surface area contributed by atoms with Crippen LogP contribution in [0, 0.1) is 11.4 Å². The van der Waals surface area contributed by atoms with Gasteiger partial charge in [-0.25, -0.2) is 5.53 Å². The van der Waals surface area contributed by atoms with Crippen molar-refractivity contribution in [3.63, 3.8) is 0 Å². The van der Waals surface area contributed by atoms with Crippen molar-refractivity contribution in [1.29, 1.82) is 5.53 Å². The molecule has 2 aromatic rings. The molecule has 0 spiro atoms. The van der Waals surface area contributed by atoms with E-state index < -0.39 is 0 Å². The van der Waals surface area contributed by atoms with Gasteiger partial charge in [-0.2, -0.15) is 5.11 Å². The number of rotatable bonds is 6. The molecular formula is C19H21ClN4O. The normalized spacial score (nSPS) is 13.4. The summed E-state index contributed by atoms with van der Waals surface area (Å²) in [7, 11) is 3.44. The molecule has 3 rings (SSSR count). The average molecular weight is 357 g/mol. The lowest BCUT2D eigenvalue weighted by molar-refractivity contribution is 0.0827. The second-order valence-electron chi connectivity index (χ2n) is 6.54. The van der Waals surface area contributed by atoms with Gasteiger partial charge in [-0.15, -0.1) is 0 Å². The van der Waals surface area contributed by atoms with Crippen molar-refractivity contribution < 1.29 is 4.79 Å². The SMILES string of the molecule is CN(C)C(=O)c1cccc(-c2ccc(NCC3CC3)c(N=N)c2Cl)c1. The highest BCUT2D eigenvalue weighted by Gasteiger charge is 2.22. The predicted molar refractivity (Wildman–Crippen MR) is 101 cm³/mol. The van der Waals surface area contributed by atoms with Crippen LogP contribution in [-0.2, 0) is 0 Å². The first-order valence-electron chi connectivity index (χ1n) is 8.27. The van der Waals surface area contributed by atoms with Gasteiger partial charge in [-0.1, -0.05) is 29.8 Å². The van der Waals surface area contributed by atoms with Crippen LogP contribution in [0.1, 0.15) is 23.2 Å². The molecule has 0 heterocycles. The number of hydrogen-bond donors (Lipinski definition) is 2. The molecule has 1 aliphatic rings. The van der Waals surface area contributed by atoms with Crippen LogP contribution in [0.15, 0.2) is 41.5 Å². The number of amides is 1. The zero-order chi connectivity index (χ0) is 18.0. The Morgan fingerprint density at radius 2 is 2.08 bits per heavy atom. The molecule has 0 aliphatic heterocycles. The fraction of sp³-hybridized carbons (Fsp3) is 0.316. The van der Waals surface area contributed by atoms with Crippen LogP contribution in [0.5, 0.6) is 0 Å². The molecule has 0 bridgehead atoms. The fourth-order valence-electron chi connectivity index (χ4n) is 2.69. The van der Waals surface area contributed by atoms with E-state index in [1.54, 1.807) is 20.2 Å². The van der Waals surface area contributed by atoms with Crippen LogP contribution >= 0.6 is 11.6 Å². The summed E-state index contributed by atoms with van der Waals surface area (Å²) in [4.78, 5) is 13.7. The van der Waals surface area contributed by atoms with E-state index in [9.17, 15) is 4.79 Å². The van der Waals surface area contributed by atoms with E-state index in [1.807, 2.05) is 30.3 Å². The maximum absolute atomic E-state index is 12.2. The van der Waals surface area contributed by atoms with E-state index in [0.717, 1.165) is 23.4 Å². The van der Waals surface area contributed by atoms with Crippen molar-refractivity contribution in [2.75, 3.05) is 26.0 Å². The Balaban J connectivity index is 1.95. The summed E-state index contributed by atoms with van der Waals surface area (Å²) >= 11 is 6.52. The van der Waals surface area contributed by atoms with Gasteiger partial charge < -0.3 is 10.2 Å². The zero-order valence-corrected chi connectivity index (χ0v) is 15.1. The molecule has 2 aromatic carbocycles. The van der Waals surface area contributed by atoms with E-state index >= 15 is 0 Å². The first-order chi connectivity index (χ1) is 12.0. The van der Waals surface area contributed by atoms with Crippen molar-refractivity contribution >= 4 is 28.9 Å². The number of anilines is 1. The molecule has 1 amide bonds. The maximum atomic E-state index is 12.2. The summed E-state index contributed by atoms with van der Waals surface area (Å²) in [6, 6.07) is 11.1. The van der Waals surface area contributed by atoms with Crippen LogP contribution in [0.4, 0.5) is 11.4 Å². The fourth-order valence-corrected chi connectivity index (χ4v) is 3.01. The molecule has 1 aliphatic carbocycles. The molecule has 0 radical (unpaired) electrons. The first kappa shape index (κ1) is 17.4. The van der Waals surface area contributed by atoms with Gasteiger partial charge in [0.1, 0.15) is 5.69 Å². The van der Waals surface area contributed by atoms with Crippen molar-refractivity contribution in [1.82, 2.24) is 4.90 Å². The number of benzene rings is 2. The number of carbonyl (C=O) groups is 1. The summed E-state index contributed by atoms with van der Waals surface area (Å²) in [5.74, 6) is 0.650. The standard InChI is InChI=1S/C19H21ClN4O/c1-24(2)19(25)14-5-3-4-13(10-14)15-8-9-16(18(23-21)17(15)20)22-11-12-6-7-12/h3-5,8-10,12,21-22H,6-7,11H2,1-2H3. The summed E-state index contributed by atoms with van der Waals surface area (Å²) in [5, 5.41) is 7.37. The number of nitrogens with one attached hydrogen (secondary N) is 2. The number of hydrogen-bond acceptors (Lipinski definition) is 4. The monoisotopic (exact) mass is 356 g/mol. The Morgan fingerprint density at radius 3 is 2.72 bits per heavy atom. The molecule has 2 N–H and O–H groups in total. The van der Waals surface area contributed by atoms with Crippen molar-refractivity contribution in [2.24, 2.45) is 11.0 Å². The smallest absolute Gasteiger partial charge is 0.253 e. The van der Waals surface area contributed by atoms with E-state index in [1.165, 1.54) is 17.7 Å². The second-order valence-corrected chi connectivity index (χ2v) is 6.92. The Bertz CT molecular complexity index is 815. The number of carbonyl (C=O) groups excluding carboxylic acids is 1. The third kappa shape index (κ3) is 3.82. The van der Waals surface area contributed by atoms with Gasteiger partial charge in [0.05, 0.1) is 10.7 Å². The lowest BCUT2D eigenvalue weighted by Crippen LogP contribution is -2.21. The molecule has 0 aromatic heterocycles. The lowest BCUT2D eigenvalue weighted by atomic mass is 10.0. The Kier molecular flexibility index (Phi) is 5.04. The topological polar surface area (TPSA) is 68.6 Å². The average Bonchev–Trinajstić information content (AvgIpc) is 3.43. The Morgan fingerprint density at radius 1 is 1.32 bits per heavy atom. The van der Waals surface area contributed by atoms with Gasteiger partial charge in [-0.05, 0) is 42.5 Å². The van der Waals surface area contributed by atoms with Crippen molar-refractivity contribution in [2.45, 2.75) is 12.8 Å². The highest BCUT2D eigenvalue weighted by Crippen LogP contribution is 2.41. The van der Waals surface area contributed by atoms with E-state index in [-0.39, 0.29) is 5.91 Å². The highest BCUT2D eigenvalue weighted by atomic mass is 35.5. The van der Waals surface area contributed by atoms with Gasteiger partial charge >= 0.3 is 0 Å². The number of nitrogens with zero attached hydrogens (tertiary/aromatic N) is 2. The molecule has 0 atom stereocenters. The van der Waals surface area contributed by atoms with Gasteiger partial charge in [0, 0.05) is 31.8 Å². The molecule has 1 fully saturated rings. The largest absolute Gasteiger partial charge is 0.383 e. The quantitative estimate of drug-likeness (QED) is 0.699. The third-order valence-corrected chi connectivity index (χ3v) is 4.72. The van der Waals surface area contributed by atoms with Crippen LogP contribution in [0.25, 0.3) is 11.1 Å². The molecule has 0 saturated heterocycles. The van der Waals surface area contributed by atoms with Crippen LogP contribution in [0.3, 0.4) is 0 Å². The molecule has 25 heavy (non-hydrogen) atoms. The Labute approximate surface area is 152 Å². The highest BCUT2D eigenvalue weighted by molar-refractivity contribution is 6.36. The molecule has 6 heteroatoms. The minimum Gasteiger partial charge on any atom is -0.383 e. The van der Waals surface area contributed by atoms with Gasteiger partial charge in [0.2, 0.25) is 0 Å². The van der Waals surface area contributed by atoms with Gasteiger partial charge in [0.25, 0.3) is 5.91 Å². The summed E-state index contributed by atoms with van der Waals surface area (Å²) < 4.78 is 0. The lowest BCUT2D eigenvalue weighted by Gasteiger charge is -2.14. The van der Waals surface area contributed by atoms with Crippen LogP contribution in [-0.4, -0.2) is 31.4 Å². The predicted octanol–water partition coefficient (Wildman–Crippen LogP) is 5.19. The first-order valence-corrected chi connectivity index (χ1v) is 8.65. The van der Waals surface area contributed by atoms with Crippen LogP contribution in [0.2, 0.25) is 5.02 Å². The maximum Gasteiger partial charge on any atom is 0.253 e. The minimum atomic E-state index is -0.0638. The second kappa shape index (κ2) is 7.23. The van der Waals surface area contributed by atoms with E-state index in [4.69, 9.17) is 17.1 Å². The molecule has 0 unspecified atom stereocenters. The Hall–Kier alpha value is -2.40. The molecule has 130 valence electrons. The van der Waals surface area contributed by atoms with E-state index in [2.05, 4.69) is 10.4 Å². The summed E-state index contributed by atoms with van der Waals surface area (Å²) in [6.07, 6.45) is 2.50. The molecular weight excluding hydrogens is 336 g/mol. The summed E-state index contributed by atoms with van der Waals surface area (Å²) in [5.41, 5.74) is 10.9. The van der Waals surface area contributed by atoms with Crippen molar-refractivity contribution in [3.8, 4) is 11.1 Å². The molecule has 5 nitrogen and oxygen atoms in total. The third-order valence-electron chi connectivity index (χ3n) is 4.33. The molecule has 1 saturated carbocycles. The van der Waals surface area contributed by atoms with Gasteiger partial charge in [-0.3, -0.25) is 4.79 Å². The van der Waals surface area contributed by atoms with E-state index in [0.29, 0.717) is 22.2 Å². The minimum absolute atomic E-state index is 0.0638. The van der Waals surface area contributed by atoms with Gasteiger partial charge in [0.15, 0.2) is 0 Å². The zero-order valence-electron chi connectivity index (χ0n) is 14.3. The van der Waals surface area contributed by atoms with Crippen molar-refractivity contribution in [3.05, 3.63) is 47.0 Å². The van der Waals surface area contributed by atoms with Crippen LogP contribution < -0.4 is 5.32 Å². The number of halogens is 1.